The smallest absolute Gasteiger partial charge is 0.182 e. The SMILES string of the molecule is Cc1cc(C(=O)C(C)Cl)c(C)n1C(C)CN1CCOCC1. The molecule has 2 atom stereocenters. The molecular formula is C16H25ClN2O2. The molecule has 2 heterocycles. The predicted octanol–water partition coefficient (Wildman–Crippen LogP) is 2.81. The number of hydrogen-bond acceptors (Lipinski definition) is 3. The number of Topliss-reactive ketones (excluding diaryl/α,β-unsaturated/α-hetero) is 1. The van der Waals surface area contributed by atoms with Crippen molar-refractivity contribution < 1.29 is 9.53 Å². The summed E-state index contributed by atoms with van der Waals surface area (Å²) in [6.45, 7) is 12.6. The van der Waals surface area contributed by atoms with Gasteiger partial charge in [0.15, 0.2) is 5.78 Å². The van der Waals surface area contributed by atoms with E-state index in [-0.39, 0.29) is 5.78 Å². The highest BCUT2D eigenvalue weighted by molar-refractivity contribution is 6.33. The van der Waals surface area contributed by atoms with Crippen molar-refractivity contribution >= 4 is 17.4 Å². The van der Waals surface area contributed by atoms with Crippen LogP contribution in [0.25, 0.3) is 0 Å². The second-order valence-corrected chi connectivity index (χ2v) is 6.55. The van der Waals surface area contributed by atoms with Crippen molar-refractivity contribution in [2.24, 2.45) is 0 Å². The second-order valence-electron chi connectivity index (χ2n) is 5.90. The molecule has 1 aliphatic rings. The van der Waals surface area contributed by atoms with Crippen molar-refractivity contribution in [1.29, 1.82) is 0 Å². The summed E-state index contributed by atoms with van der Waals surface area (Å²) in [6, 6.07) is 2.29. The van der Waals surface area contributed by atoms with Gasteiger partial charge in [-0.05, 0) is 33.8 Å². The Morgan fingerprint density at radius 3 is 2.52 bits per heavy atom. The van der Waals surface area contributed by atoms with Crippen LogP contribution < -0.4 is 0 Å². The molecular weight excluding hydrogens is 288 g/mol. The number of rotatable bonds is 5. The maximum absolute atomic E-state index is 12.2. The number of alkyl halides is 1. The molecule has 1 fully saturated rings. The van der Waals surface area contributed by atoms with Crippen LogP contribution >= 0.6 is 11.6 Å². The summed E-state index contributed by atoms with van der Waals surface area (Å²) >= 11 is 5.95. The Balaban J connectivity index is 2.16. The van der Waals surface area contributed by atoms with E-state index in [0.29, 0.717) is 6.04 Å². The maximum atomic E-state index is 12.2. The lowest BCUT2D eigenvalue weighted by Crippen LogP contribution is -2.39. The van der Waals surface area contributed by atoms with Crippen molar-refractivity contribution in [3.8, 4) is 0 Å². The number of carbonyl (C=O) groups excluding carboxylic acids is 1. The van der Waals surface area contributed by atoms with Crippen LogP contribution in [-0.2, 0) is 4.74 Å². The van der Waals surface area contributed by atoms with Gasteiger partial charge in [-0.1, -0.05) is 0 Å². The number of ketones is 1. The Bertz CT molecular complexity index is 505. The van der Waals surface area contributed by atoms with Crippen LogP contribution in [0.15, 0.2) is 6.07 Å². The molecule has 0 aliphatic carbocycles. The minimum Gasteiger partial charge on any atom is -0.379 e. The normalized spacial score (nSPS) is 19.5. The first kappa shape index (κ1) is 16.5. The van der Waals surface area contributed by atoms with E-state index in [1.54, 1.807) is 6.92 Å². The van der Waals surface area contributed by atoms with Crippen LogP contribution in [0.2, 0.25) is 0 Å². The average molecular weight is 313 g/mol. The predicted molar refractivity (Wildman–Crippen MR) is 85.5 cm³/mol. The number of aromatic nitrogens is 1. The first-order chi connectivity index (χ1) is 9.91. The molecule has 1 saturated heterocycles. The average Bonchev–Trinajstić information content (AvgIpc) is 2.74. The quantitative estimate of drug-likeness (QED) is 0.619. The fourth-order valence-electron chi connectivity index (χ4n) is 3.16. The third-order valence-electron chi connectivity index (χ3n) is 4.18. The van der Waals surface area contributed by atoms with Crippen LogP contribution in [0.1, 0.15) is 41.6 Å². The Morgan fingerprint density at radius 1 is 1.33 bits per heavy atom. The zero-order valence-electron chi connectivity index (χ0n) is 13.4. The molecule has 0 radical (unpaired) electrons. The first-order valence-corrected chi connectivity index (χ1v) is 8.02. The summed E-state index contributed by atoms with van der Waals surface area (Å²) in [7, 11) is 0. The second kappa shape index (κ2) is 6.95. The first-order valence-electron chi connectivity index (χ1n) is 7.58. The van der Waals surface area contributed by atoms with Crippen LogP contribution in [0.3, 0.4) is 0 Å². The molecule has 0 spiro atoms. The zero-order valence-corrected chi connectivity index (χ0v) is 14.1. The summed E-state index contributed by atoms with van der Waals surface area (Å²) in [5.74, 6) is 0.00888. The largest absolute Gasteiger partial charge is 0.379 e. The van der Waals surface area contributed by atoms with E-state index < -0.39 is 5.38 Å². The molecule has 2 unspecified atom stereocenters. The standard InChI is InChI=1S/C16H25ClN2O2/c1-11-9-15(16(20)13(3)17)14(4)19(11)12(2)10-18-5-7-21-8-6-18/h9,12-13H,5-8,10H2,1-4H3. The van der Waals surface area contributed by atoms with Crippen molar-refractivity contribution in [2.75, 3.05) is 32.8 Å². The topological polar surface area (TPSA) is 34.5 Å². The van der Waals surface area contributed by atoms with Gasteiger partial charge in [-0.25, -0.2) is 0 Å². The molecule has 0 aromatic carbocycles. The van der Waals surface area contributed by atoms with Crippen LogP contribution in [0.4, 0.5) is 0 Å². The molecule has 0 amide bonds. The van der Waals surface area contributed by atoms with Crippen molar-refractivity contribution in [1.82, 2.24) is 9.47 Å². The molecule has 0 saturated carbocycles. The van der Waals surface area contributed by atoms with Crippen molar-refractivity contribution in [3.05, 3.63) is 23.0 Å². The minimum atomic E-state index is -0.478. The highest BCUT2D eigenvalue weighted by Crippen LogP contribution is 2.23. The molecule has 5 heteroatoms. The lowest BCUT2D eigenvalue weighted by molar-refractivity contribution is 0.0324. The van der Waals surface area contributed by atoms with Gasteiger partial charge in [-0.2, -0.15) is 0 Å². The molecule has 1 aromatic rings. The minimum absolute atomic E-state index is 0.00888. The number of morpholine rings is 1. The molecule has 118 valence electrons. The van der Waals surface area contributed by atoms with Gasteiger partial charge in [-0.3, -0.25) is 9.69 Å². The molecule has 21 heavy (non-hydrogen) atoms. The summed E-state index contributed by atoms with van der Waals surface area (Å²) < 4.78 is 7.64. The number of ether oxygens (including phenoxy) is 1. The number of nitrogens with zero attached hydrogens (tertiary/aromatic N) is 2. The van der Waals surface area contributed by atoms with E-state index in [4.69, 9.17) is 16.3 Å². The Hall–Kier alpha value is -0.840. The molecule has 0 N–H and O–H groups in total. The van der Waals surface area contributed by atoms with Gasteiger partial charge in [0.2, 0.25) is 0 Å². The van der Waals surface area contributed by atoms with E-state index in [0.717, 1.165) is 49.8 Å². The van der Waals surface area contributed by atoms with Gasteiger partial charge < -0.3 is 9.30 Å². The van der Waals surface area contributed by atoms with E-state index in [1.165, 1.54) is 0 Å². The fraction of sp³-hybridized carbons (Fsp3) is 0.688. The number of carbonyl (C=O) groups is 1. The molecule has 2 rings (SSSR count). The molecule has 1 aromatic heterocycles. The third kappa shape index (κ3) is 3.68. The Labute approximate surface area is 132 Å². The summed E-state index contributed by atoms with van der Waals surface area (Å²) in [5, 5.41) is -0.478. The van der Waals surface area contributed by atoms with Gasteiger partial charge in [0.05, 0.1) is 18.6 Å². The molecule has 4 nitrogen and oxygen atoms in total. The lowest BCUT2D eigenvalue weighted by atomic mass is 10.1. The number of hydrogen-bond donors (Lipinski definition) is 0. The fourth-order valence-corrected chi connectivity index (χ4v) is 3.28. The van der Waals surface area contributed by atoms with Gasteiger partial charge in [0.1, 0.15) is 0 Å². The van der Waals surface area contributed by atoms with E-state index in [9.17, 15) is 4.79 Å². The van der Waals surface area contributed by atoms with Crippen LogP contribution in [0.5, 0.6) is 0 Å². The Kier molecular flexibility index (Phi) is 5.47. The summed E-state index contributed by atoms with van der Waals surface area (Å²) in [5.41, 5.74) is 2.89. The monoisotopic (exact) mass is 312 g/mol. The third-order valence-corrected chi connectivity index (χ3v) is 4.38. The highest BCUT2D eigenvalue weighted by Gasteiger charge is 2.22. The van der Waals surface area contributed by atoms with Crippen LogP contribution in [0, 0.1) is 13.8 Å². The van der Waals surface area contributed by atoms with Gasteiger partial charge >= 0.3 is 0 Å². The summed E-state index contributed by atoms with van der Waals surface area (Å²) in [4.78, 5) is 14.6. The maximum Gasteiger partial charge on any atom is 0.182 e. The van der Waals surface area contributed by atoms with E-state index in [2.05, 4.69) is 23.3 Å². The Morgan fingerprint density at radius 2 is 1.95 bits per heavy atom. The zero-order chi connectivity index (χ0) is 15.6. The number of aryl methyl sites for hydroxylation is 1. The van der Waals surface area contributed by atoms with E-state index in [1.807, 2.05) is 13.0 Å². The van der Waals surface area contributed by atoms with Gasteiger partial charge in [0.25, 0.3) is 0 Å². The van der Waals surface area contributed by atoms with Gasteiger partial charge in [0, 0.05) is 42.6 Å². The number of halogens is 1. The molecule has 1 aliphatic heterocycles. The van der Waals surface area contributed by atoms with Gasteiger partial charge in [-0.15, -0.1) is 11.6 Å². The van der Waals surface area contributed by atoms with Crippen LogP contribution in [-0.4, -0.2) is 53.5 Å². The van der Waals surface area contributed by atoms with E-state index >= 15 is 0 Å². The highest BCUT2D eigenvalue weighted by atomic mass is 35.5. The molecule has 0 bridgehead atoms. The van der Waals surface area contributed by atoms with Crippen molar-refractivity contribution in [3.63, 3.8) is 0 Å². The summed E-state index contributed by atoms with van der Waals surface area (Å²) in [6.07, 6.45) is 0. The lowest BCUT2D eigenvalue weighted by Gasteiger charge is -2.30. The van der Waals surface area contributed by atoms with Crippen molar-refractivity contribution in [2.45, 2.75) is 39.1 Å².